The van der Waals surface area contributed by atoms with Crippen LogP contribution in [0, 0.1) is 6.92 Å². The summed E-state index contributed by atoms with van der Waals surface area (Å²) in [6, 6.07) is 8.13. The number of rotatable bonds is 4. The zero-order chi connectivity index (χ0) is 16.5. The fraction of sp³-hybridized carbons (Fsp3) is 0.526. The van der Waals surface area contributed by atoms with Crippen LogP contribution < -0.4 is 0 Å². The second-order valence-corrected chi connectivity index (χ2v) is 5.44. The number of hydrogen-bond donors (Lipinski definition) is 0. The van der Waals surface area contributed by atoms with Crippen molar-refractivity contribution in [2.24, 2.45) is 0 Å². The third-order valence-corrected chi connectivity index (χ3v) is 3.86. The molecule has 1 heterocycles. The standard InChI is InChI=1S/C17H23NO2.C2H6/c1-13-4-6-15(7-5-13)17(14(2)19)12-18-10-8-16(20-3)9-11-18;1-2/h4-7,12,16H,8-11H2,1-3H3;1-2H3/b17-12+;. The van der Waals surface area contributed by atoms with Crippen LogP contribution in [0.2, 0.25) is 0 Å². The predicted octanol–water partition coefficient (Wildman–Crippen LogP) is 4.06. The number of allylic oxidation sites excluding steroid dienone is 1. The number of ether oxygens (including phenoxy) is 1. The molecule has 122 valence electrons. The number of ketones is 1. The first-order valence-corrected chi connectivity index (χ1v) is 8.17. The number of aryl methyl sites for hydroxylation is 1. The van der Waals surface area contributed by atoms with Gasteiger partial charge in [-0.1, -0.05) is 43.7 Å². The highest BCUT2D eigenvalue weighted by Crippen LogP contribution is 2.20. The van der Waals surface area contributed by atoms with Gasteiger partial charge in [-0.15, -0.1) is 0 Å². The lowest BCUT2D eigenvalue weighted by Crippen LogP contribution is -2.33. The lowest BCUT2D eigenvalue weighted by atomic mass is 10.0. The molecule has 0 aromatic heterocycles. The molecule has 1 saturated heterocycles. The number of carbonyl (C=O) groups excluding carboxylic acids is 1. The molecule has 1 fully saturated rings. The largest absolute Gasteiger partial charge is 0.381 e. The molecule has 22 heavy (non-hydrogen) atoms. The van der Waals surface area contributed by atoms with Crippen LogP contribution in [0.4, 0.5) is 0 Å². The van der Waals surface area contributed by atoms with E-state index < -0.39 is 0 Å². The Morgan fingerprint density at radius 3 is 2.18 bits per heavy atom. The molecule has 3 heteroatoms. The third kappa shape index (κ3) is 5.30. The Hall–Kier alpha value is -1.61. The summed E-state index contributed by atoms with van der Waals surface area (Å²) in [7, 11) is 1.77. The van der Waals surface area contributed by atoms with E-state index in [0.717, 1.165) is 37.1 Å². The minimum absolute atomic E-state index is 0.114. The fourth-order valence-electron chi connectivity index (χ4n) is 2.52. The molecule has 0 atom stereocenters. The van der Waals surface area contributed by atoms with Crippen molar-refractivity contribution in [1.29, 1.82) is 0 Å². The highest BCUT2D eigenvalue weighted by atomic mass is 16.5. The van der Waals surface area contributed by atoms with E-state index in [0.29, 0.717) is 6.10 Å². The number of benzene rings is 1. The maximum atomic E-state index is 11.9. The minimum Gasteiger partial charge on any atom is -0.381 e. The highest BCUT2D eigenvalue weighted by Gasteiger charge is 2.18. The Kier molecular flexibility index (Phi) is 7.89. The first-order chi connectivity index (χ1) is 10.6. The van der Waals surface area contributed by atoms with Gasteiger partial charge in [0.1, 0.15) is 0 Å². The smallest absolute Gasteiger partial charge is 0.161 e. The Morgan fingerprint density at radius 1 is 1.18 bits per heavy atom. The Morgan fingerprint density at radius 2 is 1.73 bits per heavy atom. The molecule has 0 amide bonds. The molecule has 0 radical (unpaired) electrons. The van der Waals surface area contributed by atoms with E-state index in [-0.39, 0.29) is 5.78 Å². The van der Waals surface area contributed by atoms with Crippen molar-refractivity contribution >= 4 is 11.4 Å². The molecule has 1 aromatic carbocycles. The number of nitrogens with zero attached hydrogens (tertiary/aromatic N) is 1. The average molecular weight is 303 g/mol. The molecular formula is C19H29NO2. The summed E-state index contributed by atoms with van der Waals surface area (Å²) in [6.07, 6.45) is 4.41. The zero-order valence-corrected chi connectivity index (χ0v) is 14.6. The summed E-state index contributed by atoms with van der Waals surface area (Å²) in [5.41, 5.74) is 3.00. The molecule has 1 aliphatic rings. The maximum Gasteiger partial charge on any atom is 0.161 e. The summed E-state index contributed by atoms with van der Waals surface area (Å²) < 4.78 is 5.38. The monoisotopic (exact) mass is 303 g/mol. The average Bonchev–Trinajstić information content (AvgIpc) is 2.56. The number of carbonyl (C=O) groups is 1. The van der Waals surface area contributed by atoms with Crippen molar-refractivity contribution in [2.45, 2.75) is 46.6 Å². The van der Waals surface area contributed by atoms with Gasteiger partial charge in [-0.2, -0.15) is 0 Å². The van der Waals surface area contributed by atoms with Crippen LogP contribution in [0.25, 0.3) is 5.57 Å². The van der Waals surface area contributed by atoms with Crippen molar-refractivity contribution in [3.63, 3.8) is 0 Å². The minimum atomic E-state index is 0.114. The molecule has 1 aliphatic heterocycles. The van der Waals surface area contributed by atoms with Crippen LogP contribution in [-0.2, 0) is 9.53 Å². The van der Waals surface area contributed by atoms with Crippen LogP contribution in [0.1, 0.15) is 44.7 Å². The predicted molar refractivity (Wildman–Crippen MR) is 92.8 cm³/mol. The van der Waals surface area contributed by atoms with Crippen LogP contribution in [0.5, 0.6) is 0 Å². The van der Waals surface area contributed by atoms with Gasteiger partial charge < -0.3 is 9.64 Å². The highest BCUT2D eigenvalue weighted by molar-refractivity contribution is 6.19. The quantitative estimate of drug-likeness (QED) is 0.786. The number of Topliss-reactive ketones (excluding diaryl/α,β-unsaturated/α-hetero) is 1. The molecule has 0 unspecified atom stereocenters. The molecule has 0 aliphatic carbocycles. The third-order valence-electron chi connectivity index (χ3n) is 3.86. The number of likely N-dealkylation sites (tertiary alicyclic amines) is 1. The van der Waals surface area contributed by atoms with Crippen molar-refractivity contribution in [2.75, 3.05) is 20.2 Å². The van der Waals surface area contributed by atoms with Gasteiger partial charge in [0, 0.05) is 32.0 Å². The first-order valence-electron chi connectivity index (χ1n) is 8.17. The van der Waals surface area contributed by atoms with E-state index in [4.69, 9.17) is 4.74 Å². The van der Waals surface area contributed by atoms with Gasteiger partial charge in [-0.25, -0.2) is 0 Å². The molecular weight excluding hydrogens is 274 g/mol. The van der Waals surface area contributed by atoms with E-state index >= 15 is 0 Å². The molecule has 3 nitrogen and oxygen atoms in total. The Balaban J connectivity index is 0.00000116. The van der Waals surface area contributed by atoms with Crippen molar-refractivity contribution in [3.8, 4) is 0 Å². The lowest BCUT2D eigenvalue weighted by Gasteiger charge is -2.30. The van der Waals surface area contributed by atoms with Crippen molar-refractivity contribution in [1.82, 2.24) is 4.90 Å². The topological polar surface area (TPSA) is 29.5 Å². The molecule has 1 aromatic rings. The van der Waals surface area contributed by atoms with E-state index in [1.54, 1.807) is 14.0 Å². The molecule has 0 bridgehead atoms. The SMILES string of the molecule is CC.COC1CCN(/C=C(\C(C)=O)c2ccc(C)cc2)CC1. The number of hydrogen-bond acceptors (Lipinski definition) is 3. The molecule has 2 rings (SSSR count). The van der Waals surface area contributed by atoms with E-state index in [2.05, 4.69) is 11.8 Å². The van der Waals surface area contributed by atoms with Crippen LogP contribution in [-0.4, -0.2) is 37.0 Å². The summed E-state index contributed by atoms with van der Waals surface area (Å²) in [5, 5.41) is 0. The normalized spacial score (nSPS) is 16.0. The van der Waals surface area contributed by atoms with E-state index in [1.807, 2.05) is 44.3 Å². The Labute approximate surface area is 135 Å². The van der Waals surface area contributed by atoms with Crippen molar-refractivity contribution in [3.05, 3.63) is 41.6 Å². The van der Waals surface area contributed by atoms with Crippen molar-refractivity contribution < 1.29 is 9.53 Å². The molecule has 0 saturated carbocycles. The maximum absolute atomic E-state index is 11.9. The number of piperidine rings is 1. The van der Waals surface area contributed by atoms with Crippen LogP contribution >= 0.6 is 0 Å². The van der Waals surface area contributed by atoms with Gasteiger partial charge in [0.05, 0.1) is 6.10 Å². The van der Waals surface area contributed by atoms with E-state index in [1.165, 1.54) is 5.56 Å². The van der Waals surface area contributed by atoms with Crippen LogP contribution in [0.15, 0.2) is 30.5 Å². The van der Waals surface area contributed by atoms with E-state index in [9.17, 15) is 4.79 Å². The van der Waals surface area contributed by atoms with Gasteiger partial charge in [0.15, 0.2) is 5.78 Å². The molecule has 0 N–H and O–H groups in total. The Bertz CT molecular complexity index is 483. The summed E-state index contributed by atoms with van der Waals surface area (Å²) in [4.78, 5) is 14.1. The second-order valence-electron chi connectivity index (χ2n) is 5.44. The number of methoxy groups -OCH3 is 1. The zero-order valence-electron chi connectivity index (χ0n) is 14.6. The van der Waals surface area contributed by atoms with Crippen LogP contribution in [0.3, 0.4) is 0 Å². The van der Waals surface area contributed by atoms with Gasteiger partial charge in [-0.05, 0) is 32.3 Å². The second kappa shape index (κ2) is 9.42. The lowest BCUT2D eigenvalue weighted by molar-refractivity contribution is -0.111. The van der Waals surface area contributed by atoms with Gasteiger partial charge in [0.2, 0.25) is 0 Å². The summed E-state index contributed by atoms with van der Waals surface area (Å²) in [5.74, 6) is 0.114. The molecule has 0 spiro atoms. The van der Waals surface area contributed by atoms with Gasteiger partial charge in [-0.3, -0.25) is 4.79 Å². The van der Waals surface area contributed by atoms with Gasteiger partial charge >= 0.3 is 0 Å². The first kappa shape index (κ1) is 18.4. The summed E-state index contributed by atoms with van der Waals surface area (Å²) in [6.45, 7) is 9.58. The van der Waals surface area contributed by atoms with Gasteiger partial charge in [0.25, 0.3) is 0 Å². The summed E-state index contributed by atoms with van der Waals surface area (Å²) >= 11 is 0. The fourth-order valence-corrected chi connectivity index (χ4v) is 2.52.